The molecule has 0 heterocycles. The molecule has 0 bridgehead atoms. The van der Waals surface area contributed by atoms with Crippen LogP contribution >= 0.6 is 0 Å². The fraction of sp³-hybridized carbons (Fsp3) is 0.800. The van der Waals surface area contributed by atoms with Crippen molar-refractivity contribution in [2.45, 2.75) is 71.3 Å². The summed E-state index contributed by atoms with van der Waals surface area (Å²) >= 11 is 0. The van der Waals surface area contributed by atoms with Crippen molar-refractivity contribution in [2.75, 3.05) is 6.61 Å². The molecular formula is C15H31NO3. The van der Waals surface area contributed by atoms with Gasteiger partial charge in [0.2, 0.25) is 0 Å². The summed E-state index contributed by atoms with van der Waals surface area (Å²) in [6, 6.07) is 0. The Labute approximate surface area is 117 Å². The van der Waals surface area contributed by atoms with Crippen LogP contribution in [0.3, 0.4) is 0 Å². The van der Waals surface area contributed by atoms with Gasteiger partial charge in [-0.05, 0) is 26.7 Å². The maximum Gasteiger partial charge on any atom is 0.327 e. The Balaban J connectivity index is 0. The van der Waals surface area contributed by atoms with Gasteiger partial charge >= 0.3 is 5.97 Å². The Morgan fingerprint density at radius 1 is 1.16 bits per heavy atom. The fourth-order valence-electron chi connectivity index (χ4n) is 1.23. The van der Waals surface area contributed by atoms with E-state index < -0.39 is 11.5 Å². The minimum atomic E-state index is -0.842. The van der Waals surface area contributed by atoms with E-state index in [9.17, 15) is 4.79 Å². The number of aliphatic hydroxyl groups is 1. The van der Waals surface area contributed by atoms with Gasteiger partial charge in [0, 0.05) is 11.6 Å². The lowest BCUT2D eigenvalue weighted by atomic mass is 10.1. The summed E-state index contributed by atoms with van der Waals surface area (Å²) in [5.41, 5.74) is 4.88. The molecule has 0 aromatic rings. The smallest absolute Gasteiger partial charge is 0.327 e. The fourth-order valence-corrected chi connectivity index (χ4v) is 1.23. The molecule has 0 aromatic heterocycles. The van der Waals surface area contributed by atoms with E-state index in [4.69, 9.17) is 15.9 Å². The number of hydrogen-bond acceptors (Lipinski definition) is 3. The molecule has 0 rings (SSSR count). The van der Waals surface area contributed by atoms with Crippen molar-refractivity contribution in [3.63, 3.8) is 0 Å². The van der Waals surface area contributed by atoms with Gasteiger partial charge in [0.05, 0.1) is 6.61 Å². The molecule has 0 spiro atoms. The Morgan fingerprint density at radius 3 is 2.05 bits per heavy atom. The van der Waals surface area contributed by atoms with Crippen molar-refractivity contribution in [2.24, 2.45) is 5.73 Å². The van der Waals surface area contributed by atoms with E-state index in [1.807, 2.05) is 0 Å². The summed E-state index contributed by atoms with van der Waals surface area (Å²) in [4.78, 5) is 10.1. The Hall–Kier alpha value is -0.870. The van der Waals surface area contributed by atoms with Crippen LogP contribution < -0.4 is 5.73 Å². The molecule has 0 aliphatic carbocycles. The van der Waals surface area contributed by atoms with Crippen LogP contribution in [0.4, 0.5) is 0 Å². The number of carbonyl (C=O) groups is 1. The minimum absolute atomic E-state index is 0.0486. The van der Waals surface area contributed by atoms with Crippen LogP contribution in [-0.4, -0.2) is 28.3 Å². The SMILES string of the molecule is CC(C)(N)CO.CCCCCCCC/C=C/C(=O)O. The third-order valence-electron chi connectivity index (χ3n) is 2.39. The topological polar surface area (TPSA) is 83.5 Å². The van der Waals surface area contributed by atoms with Crippen molar-refractivity contribution in [3.8, 4) is 0 Å². The second-order valence-electron chi connectivity index (χ2n) is 5.44. The lowest BCUT2D eigenvalue weighted by Gasteiger charge is -2.12. The van der Waals surface area contributed by atoms with E-state index in [-0.39, 0.29) is 6.61 Å². The standard InChI is InChI=1S/C11H20O2.C4H11NO/c1-2-3-4-5-6-7-8-9-10-11(12)13;1-4(2,5)3-6/h9-10H,2-8H2,1H3,(H,12,13);6H,3,5H2,1-2H3/b10-9+;. The van der Waals surface area contributed by atoms with E-state index >= 15 is 0 Å². The van der Waals surface area contributed by atoms with Crippen LogP contribution in [0, 0.1) is 0 Å². The van der Waals surface area contributed by atoms with Gasteiger partial charge in [-0.2, -0.15) is 0 Å². The molecule has 4 heteroatoms. The van der Waals surface area contributed by atoms with Crippen LogP contribution in [-0.2, 0) is 4.79 Å². The van der Waals surface area contributed by atoms with Crippen LogP contribution in [0.15, 0.2) is 12.2 Å². The van der Waals surface area contributed by atoms with Gasteiger partial charge in [0.15, 0.2) is 0 Å². The summed E-state index contributed by atoms with van der Waals surface area (Å²) in [6.45, 7) is 5.79. The normalized spacial score (nSPS) is 11.2. The maximum atomic E-state index is 10.1. The highest BCUT2D eigenvalue weighted by atomic mass is 16.4. The first-order valence-electron chi connectivity index (χ1n) is 7.12. The molecule has 0 aliphatic heterocycles. The van der Waals surface area contributed by atoms with Crippen molar-refractivity contribution in [1.82, 2.24) is 0 Å². The number of hydrogen-bond donors (Lipinski definition) is 3. The van der Waals surface area contributed by atoms with Gasteiger partial charge in [-0.1, -0.05) is 45.1 Å². The Kier molecular flexibility index (Phi) is 14.6. The van der Waals surface area contributed by atoms with Crippen LogP contribution in [0.25, 0.3) is 0 Å². The van der Waals surface area contributed by atoms with E-state index in [2.05, 4.69) is 6.92 Å². The number of rotatable bonds is 9. The molecule has 0 amide bonds. The summed E-state index contributed by atoms with van der Waals surface area (Å²) in [5.74, 6) is -0.842. The molecule has 0 fully saturated rings. The average molecular weight is 273 g/mol. The molecule has 4 nitrogen and oxygen atoms in total. The lowest BCUT2D eigenvalue weighted by molar-refractivity contribution is -0.131. The lowest BCUT2D eigenvalue weighted by Crippen LogP contribution is -2.35. The second kappa shape index (κ2) is 13.6. The van der Waals surface area contributed by atoms with Crippen LogP contribution in [0.1, 0.15) is 65.7 Å². The molecule has 19 heavy (non-hydrogen) atoms. The first-order chi connectivity index (χ1) is 8.83. The van der Waals surface area contributed by atoms with Gasteiger partial charge < -0.3 is 15.9 Å². The van der Waals surface area contributed by atoms with Crippen molar-refractivity contribution in [3.05, 3.63) is 12.2 Å². The van der Waals surface area contributed by atoms with Crippen molar-refractivity contribution < 1.29 is 15.0 Å². The van der Waals surface area contributed by atoms with Gasteiger partial charge in [-0.3, -0.25) is 0 Å². The third-order valence-corrected chi connectivity index (χ3v) is 2.39. The number of aliphatic hydroxyl groups excluding tert-OH is 1. The van der Waals surface area contributed by atoms with E-state index in [1.165, 1.54) is 38.2 Å². The van der Waals surface area contributed by atoms with E-state index in [0.717, 1.165) is 12.8 Å². The summed E-state index contributed by atoms with van der Waals surface area (Å²) in [6.07, 6.45) is 11.4. The molecule has 0 atom stereocenters. The second-order valence-corrected chi connectivity index (χ2v) is 5.44. The highest BCUT2D eigenvalue weighted by Crippen LogP contribution is 2.06. The summed E-state index contributed by atoms with van der Waals surface area (Å²) < 4.78 is 0. The van der Waals surface area contributed by atoms with E-state index in [0.29, 0.717) is 0 Å². The highest BCUT2D eigenvalue weighted by molar-refractivity contribution is 5.79. The van der Waals surface area contributed by atoms with Crippen LogP contribution in [0.5, 0.6) is 0 Å². The Bertz CT molecular complexity index is 232. The summed E-state index contributed by atoms with van der Waals surface area (Å²) in [5, 5.41) is 16.6. The van der Waals surface area contributed by atoms with Crippen LogP contribution in [0.2, 0.25) is 0 Å². The monoisotopic (exact) mass is 273 g/mol. The first-order valence-corrected chi connectivity index (χ1v) is 7.12. The van der Waals surface area contributed by atoms with Gasteiger partial charge in [0.25, 0.3) is 0 Å². The molecule has 0 radical (unpaired) electrons. The maximum absolute atomic E-state index is 10.1. The van der Waals surface area contributed by atoms with Crippen molar-refractivity contribution >= 4 is 5.97 Å². The highest BCUT2D eigenvalue weighted by Gasteiger charge is 2.05. The van der Waals surface area contributed by atoms with E-state index in [1.54, 1.807) is 19.9 Å². The number of allylic oxidation sites excluding steroid dienone is 1. The molecule has 0 aromatic carbocycles. The predicted octanol–water partition coefficient (Wildman–Crippen LogP) is 3.09. The zero-order valence-electron chi connectivity index (χ0n) is 12.7. The number of nitrogens with two attached hydrogens (primary N) is 1. The van der Waals surface area contributed by atoms with Gasteiger partial charge in [-0.15, -0.1) is 0 Å². The number of carboxylic acid groups (broad SMARTS) is 1. The molecule has 114 valence electrons. The zero-order valence-corrected chi connectivity index (χ0v) is 12.7. The molecule has 0 saturated heterocycles. The largest absolute Gasteiger partial charge is 0.478 e. The third kappa shape index (κ3) is 26.7. The number of aliphatic carboxylic acids is 1. The van der Waals surface area contributed by atoms with Gasteiger partial charge in [0.1, 0.15) is 0 Å². The average Bonchev–Trinajstić information content (AvgIpc) is 2.32. The first kappa shape index (κ1) is 20.4. The molecular weight excluding hydrogens is 242 g/mol. The molecule has 0 saturated carbocycles. The van der Waals surface area contributed by atoms with Gasteiger partial charge in [-0.25, -0.2) is 4.79 Å². The summed E-state index contributed by atoms with van der Waals surface area (Å²) in [7, 11) is 0. The number of carboxylic acids is 1. The predicted molar refractivity (Wildman–Crippen MR) is 80.1 cm³/mol. The quantitative estimate of drug-likeness (QED) is 0.445. The number of unbranched alkanes of at least 4 members (excludes halogenated alkanes) is 6. The minimum Gasteiger partial charge on any atom is -0.478 e. The molecule has 0 aliphatic rings. The molecule has 0 unspecified atom stereocenters. The zero-order chi connectivity index (χ0) is 15.1. The Morgan fingerprint density at radius 2 is 1.63 bits per heavy atom. The molecule has 4 N–H and O–H groups in total. The van der Waals surface area contributed by atoms with Crippen molar-refractivity contribution in [1.29, 1.82) is 0 Å².